The highest BCUT2D eigenvalue weighted by Gasteiger charge is 2.21. The Bertz CT molecular complexity index is 1070. The van der Waals surface area contributed by atoms with E-state index in [0.29, 0.717) is 11.8 Å². The van der Waals surface area contributed by atoms with E-state index < -0.39 is 0 Å². The number of unbranched alkanes of at least 4 members (excludes halogenated alkanes) is 1. The van der Waals surface area contributed by atoms with Gasteiger partial charge in [-0.25, -0.2) is 9.97 Å². The third-order valence-electron chi connectivity index (χ3n) is 7.53. The molecule has 2 aromatic rings. The van der Waals surface area contributed by atoms with Crippen LogP contribution in [0.1, 0.15) is 61.4 Å². The Labute approximate surface area is 197 Å². The molecule has 1 fully saturated rings. The van der Waals surface area contributed by atoms with Crippen LogP contribution in [0, 0.1) is 11.8 Å². The molecule has 33 heavy (non-hydrogen) atoms. The van der Waals surface area contributed by atoms with Gasteiger partial charge in [-0.05, 0) is 74.6 Å². The summed E-state index contributed by atoms with van der Waals surface area (Å²) < 4.78 is 0. The van der Waals surface area contributed by atoms with Crippen LogP contribution in [-0.4, -0.2) is 52.6 Å². The zero-order chi connectivity index (χ0) is 22.8. The maximum absolute atomic E-state index is 12.4. The van der Waals surface area contributed by atoms with Gasteiger partial charge in [0, 0.05) is 38.2 Å². The van der Waals surface area contributed by atoms with Gasteiger partial charge in [0.15, 0.2) is 0 Å². The first kappa shape index (κ1) is 22.3. The third-order valence-corrected chi connectivity index (χ3v) is 7.53. The fourth-order valence-electron chi connectivity index (χ4n) is 5.43. The maximum Gasteiger partial charge on any atom is 0.254 e. The van der Waals surface area contributed by atoms with E-state index in [4.69, 9.17) is 9.97 Å². The highest BCUT2D eigenvalue weighted by atomic mass is 16.1. The number of nitrogens with zero attached hydrogens (tertiary/aromatic N) is 4. The molecule has 0 aromatic carbocycles. The summed E-state index contributed by atoms with van der Waals surface area (Å²) in [5.74, 6) is 3.18. The second kappa shape index (κ2) is 9.80. The lowest BCUT2D eigenvalue weighted by molar-refractivity contribution is 0.252. The Morgan fingerprint density at radius 1 is 1.03 bits per heavy atom. The molecular formula is C27H37N5O. The summed E-state index contributed by atoms with van der Waals surface area (Å²) in [4.78, 5) is 30.2. The lowest BCUT2D eigenvalue weighted by atomic mass is 9.88. The molecule has 1 aliphatic heterocycles. The number of hydrogen-bond acceptors (Lipinski definition) is 5. The SMILES string of the molecule is CC1C=Cc2ccc(N3CCN(CCCCc4nc5c(c(=O)[nH]4)CC(C)CC5)CC3)nc2C1. The van der Waals surface area contributed by atoms with Crippen molar-refractivity contribution in [2.75, 3.05) is 37.6 Å². The van der Waals surface area contributed by atoms with Gasteiger partial charge < -0.3 is 9.88 Å². The number of aromatic amines is 1. The molecule has 6 nitrogen and oxygen atoms in total. The van der Waals surface area contributed by atoms with E-state index in [1.807, 2.05) is 0 Å². The molecule has 0 radical (unpaired) electrons. The number of anilines is 1. The van der Waals surface area contributed by atoms with Crippen LogP contribution in [0.15, 0.2) is 23.0 Å². The van der Waals surface area contributed by atoms with Crippen molar-refractivity contribution in [2.24, 2.45) is 11.8 Å². The largest absolute Gasteiger partial charge is 0.354 e. The number of piperazine rings is 1. The molecule has 0 spiro atoms. The van der Waals surface area contributed by atoms with E-state index in [1.165, 1.54) is 11.3 Å². The summed E-state index contributed by atoms with van der Waals surface area (Å²) in [5, 5.41) is 0. The molecule has 2 atom stereocenters. The van der Waals surface area contributed by atoms with Crippen LogP contribution in [0.2, 0.25) is 0 Å². The number of nitrogens with one attached hydrogen (secondary N) is 1. The summed E-state index contributed by atoms with van der Waals surface area (Å²) in [7, 11) is 0. The first-order chi connectivity index (χ1) is 16.0. The van der Waals surface area contributed by atoms with Crippen molar-refractivity contribution >= 4 is 11.9 Å². The molecule has 3 aliphatic rings. The molecule has 0 bridgehead atoms. The van der Waals surface area contributed by atoms with Gasteiger partial charge in [-0.3, -0.25) is 9.69 Å². The molecule has 3 heterocycles. The van der Waals surface area contributed by atoms with E-state index in [-0.39, 0.29) is 5.56 Å². The number of aryl methyl sites for hydroxylation is 2. The third kappa shape index (κ3) is 5.21. The van der Waals surface area contributed by atoms with Crippen molar-refractivity contribution in [1.29, 1.82) is 0 Å². The number of allylic oxidation sites excluding steroid dienone is 1. The molecule has 6 heteroatoms. The Morgan fingerprint density at radius 2 is 1.88 bits per heavy atom. The number of pyridine rings is 1. The quantitative estimate of drug-likeness (QED) is 0.685. The monoisotopic (exact) mass is 447 g/mol. The number of hydrogen-bond donors (Lipinski definition) is 1. The maximum atomic E-state index is 12.4. The molecule has 1 N–H and O–H groups in total. The first-order valence-corrected chi connectivity index (χ1v) is 12.8. The highest BCUT2D eigenvalue weighted by Crippen LogP contribution is 2.25. The number of fused-ring (bicyclic) bond motifs is 2. The molecule has 0 saturated carbocycles. The zero-order valence-electron chi connectivity index (χ0n) is 20.1. The van der Waals surface area contributed by atoms with Gasteiger partial charge in [-0.15, -0.1) is 0 Å². The van der Waals surface area contributed by atoms with E-state index >= 15 is 0 Å². The minimum Gasteiger partial charge on any atom is -0.354 e. The number of rotatable bonds is 6. The molecule has 5 rings (SSSR count). The van der Waals surface area contributed by atoms with Crippen molar-refractivity contribution in [1.82, 2.24) is 19.9 Å². The van der Waals surface area contributed by atoms with Crippen LogP contribution in [-0.2, 0) is 25.7 Å². The molecular weight excluding hydrogens is 410 g/mol. The topological polar surface area (TPSA) is 65.1 Å². The van der Waals surface area contributed by atoms with E-state index in [0.717, 1.165) is 101 Å². The van der Waals surface area contributed by atoms with Crippen LogP contribution in [0.4, 0.5) is 5.82 Å². The van der Waals surface area contributed by atoms with Crippen molar-refractivity contribution < 1.29 is 0 Å². The molecule has 176 valence electrons. The molecule has 1 saturated heterocycles. The first-order valence-electron chi connectivity index (χ1n) is 12.8. The molecule has 2 aliphatic carbocycles. The van der Waals surface area contributed by atoms with Crippen LogP contribution in [0.3, 0.4) is 0 Å². The van der Waals surface area contributed by atoms with Gasteiger partial charge in [0.25, 0.3) is 5.56 Å². The second-order valence-corrected chi connectivity index (χ2v) is 10.3. The molecule has 2 aromatic heterocycles. The van der Waals surface area contributed by atoms with Crippen molar-refractivity contribution in [2.45, 2.75) is 58.8 Å². The fraction of sp³-hybridized carbons (Fsp3) is 0.593. The zero-order valence-corrected chi connectivity index (χ0v) is 20.1. The summed E-state index contributed by atoms with van der Waals surface area (Å²) in [6.07, 6.45) is 11.6. The Hall–Kier alpha value is -2.47. The second-order valence-electron chi connectivity index (χ2n) is 10.3. The van der Waals surface area contributed by atoms with Gasteiger partial charge in [0.05, 0.1) is 11.4 Å². The smallest absolute Gasteiger partial charge is 0.254 e. The average Bonchev–Trinajstić information content (AvgIpc) is 2.82. The van der Waals surface area contributed by atoms with Gasteiger partial charge >= 0.3 is 0 Å². The standard InChI is InChI=1S/C27H37N5O/c1-19-7-10-23-22(17-19)27(33)30-25(28-23)5-3-4-12-31-13-15-32(16-14-31)26-11-9-21-8-6-20(2)18-24(21)29-26/h6,8-9,11,19-20H,3-5,7,10,12-18H2,1-2H3,(H,28,30,33). The Kier molecular flexibility index (Phi) is 6.63. The molecule has 2 unspecified atom stereocenters. The Balaban J connectivity index is 1.07. The fourth-order valence-corrected chi connectivity index (χ4v) is 5.43. The van der Waals surface area contributed by atoms with E-state index in [9.17, 15) is 4.79 Å². The van der Waals surface area contributed by atoms with Gasteiger partial charge in [0.1, 0.15) is 11.6 Å². The van der Waals surface area contributed by atoms with Crippen LogP contribution in [0.25, 0.3) is 6.08 Å². The average molecular weight is 448 g/mol. The highest BCUT2D eigenvalue weighted by molar-refractivity contribution is 5.57. The van der Waals surface area contributed by atoms with Gasteiger partial charge in [0.2, 0.25) is 0 Å². The lowest BCUT2D eigenvalue weighted by Crippen LogP contribution is -2.47. The number of aromatic nitrogens is 3. The number of H-pyrrole nitrogens is 1. The Morgan fingerprint density at radius 3 is 2.73 bits per heavy atom. The van der Waals surface area contributed by atoms with Crippen LogP contribution < -0.4 is 10.5 Å². The van der Waals surface area contributed by atoms with Crippen molar-refractivity contribution in [3.05, 3.63) is 56.9 Å². The summed E-state index contributed by atoms with van der Waals surface area (Å²) in [5.41, 5.74) is 4.59. The van der Waals surface area contributed by atoms with Crippen LogP contribution >= 0.6 is 0 Å². The molecule has 0 amide bonds. The van der Waals surface area contributed by atoms with E-state index in [1.54, 1.807) is 0 Å². The summed E-state index contributed by atoms with van der Waals surface area (Å²) in [6.45, 7) is 9.83. The van der Waals surface area contributed by atoms with Crippen molar-refractivity contribution in [3.63, 3.8) is 0 Å². The van der Waals surface area contributed by atoms with Crippen molar-refractivity contribution in [3.8, 4) is 0 Å². The predicted octanol–water partition coefficient (Wildman–Crippen LogP) is 3.64. The summed E-state index contributed by atoms with van der Waals surface area (Å²) in [6, 6.07) is 4.41. The predicted molar refractivity (Wildman–Crippen MR) is 134 cm³/mol. The lowest BCUT2D eigenvalue weighted by Gasteiger charge is -2.35. The normalized spacial score (nSPS) is 22.8. The van der Waals surface area contributed by atoms with E-state index in [2.05, 4.69) is 52.9 Å². The minimum absolute atomic E-state index is 0.0962. The van der Waals surface area contributed by atoms with Gasteiger partial charge in [-0.1, -0.05) is 26.0 Å². The minimum atomic E-state index is 0.0962. The van der Waals surface area contributed by atoms with Gasteiger partial charge in [-0.2, -0.15) is 0 Å². The van der Waals surface area contributed by atoms with Crippen LogP contribution in [0.5, 0.6) is 0 Å². The summed E-state index contributed by atoms with van der Waals surface area (Å²) >= 11 is 0.